The summed E-state index contributed by atoms with van der Waals surface area (Å²) in [5.41, 5.74) is 0. The summed E-state index contributed by atoms with van der Waals surface area (Å²) in [7, 11) is 0. The Bertz CT molecular complexity index is 497. The third-order valence-corrected chi connectivity index (χ3v) is 5.36. The first kappa shape index (κ1) is 17.8. The predicted molar refractivity (Wildman–Crippen MR) is 92.5 cm³/mol. The Hall–Kier alpha value is -0.990. The highest BCUT2D eigenvalue weighted by Crippen LogP contribution is 2.14. The molecule has 134 valence electrons. The second-order valence-electron chi connectivity index (χ2n) is 6.40. The highest BCUT2D eigenvalue weighted by molar-refractivity contribution is 7.12. The van der Waals surface area contributed by atoms with Crippen molar-refractivity contribution < 1.29 is 19.4 Å². The molecule has 2 aliphatic rings. The molecule has 2 aliphatic heterocycles. The first-order valence-electron chi connectivity index (χ1n) is 8.65. The van der Waals surface area contributed by atoms with Gasteiger partial charge in [0.25, 0.3) is 5.91 Å². The van der Waals surface area contributed by atoms with E-state index in [-0.39, 0.29) is 12.0 Å². The summed E-state index contributed by atoms with van der Waals surface area (Å²) in [5, 5.41) is 12.0. The van der Waals surface area contributed by atoms with E-state index in [1.807, 2.05) is 22.4 Å². The third-order valence-electron chi connectivity index (χ3n) is 4.50. The summed E-state index contributed by atoms with van der Waals surface area (Å²) >= 11 is 1.48. The molecule has 1 aromatic rings. The molecule has 2 unspecified atom stereocenters. The Labute approximate surface area is 147 Å². The van der Waals surface area contributed by atoms with E-state index < -0.39 is 6.10 Å². The van der Waals surface area contributed by atoms with E-state index in [2.05, 4.69) is 4.90 Å². The molecule has 0 saturated carbocycles. The van der Waals surface area contributed by atoms with Crippen molar-refractivity contribution >= 4 is 17.2 Å². The largest absolute Gasteiger partial charge is 0.389 e. The molecule has 0 spiro atoms. The van der Waals surface area contributed by atoms with Crippen LogP contribution in [0.25, 0.3) is 0 Å². The van der Waals surface area contributed by atoms with Crippen LogP contribution in [0.1, 0.15) is 22.5 Å². The van der Waals surface area contributed by atoms with Gasteiger partial charge in [0.15, 0.2) is 0 Å². The van der Waals surface area contributed by atoms with Crippen molar-refractivity contribution in [1.29, 1.82) is 0 Å². The standard InChI is InChI=1S/C17H26N2O4S/c20-14(12-22-13-15-3-1-9-23-15)11-18-5-7-19(8-6-18)17(21)16-4-2-10-24-16/h2,4,10,14-15,20H,1,3,5-9,11-13H2. The van der Waals surface area contributed by atoms with Gasteiger partial charge in [-0.15, -0.1) is 11.3 Å². The monoisotopic (exact) mass is 354 g/mol. The number of aliphatic hydroxyl groups excluding tert-OH is 1. The third kappa shape index (κ3) is 5.00. The average Bonchev–Trinajstić information content (AvgIpc) is 3.29. The van der Waals surface area contributed by atoms with Crippen LogP contribution in [0, 0.1) is 0 Å². The van der Waals surface area contributed by atoms with Crippen LogP contribution in [0.2, 0.25) is 0 Å². The fourth-order valence-electron chi connectivity index (χ4n) is 3.15. The van der Waals surface area contributed by atoms with Gasteiger partial charge in [-0.3, -0.25) is 9.69 Å². The van der Waals surface area contributed by atoms with Crippen LogP contribution >= 0.6 is 11.3 Å². The molecule has 0 bridgehead atoms. The van der Waals surface area contributed by atoms with Crippen molar-refractivity contribution in [3.63, 3.8) is 0 Å². The number of nitrogens with zero attached hydrogens (tertiary/aromatic N) is 2. The van der Waals surface area contributed by atoms with Crippen molar-refractivity contribution in [3.05, 3.63) is 22.4 Å². The van der Waals surface area contributed by atoms with E-state index in [0.717, 1.165) is 37.4 Å². The number of hydrogen-bond acceptors (Lipinski definition) is 6. The van der Waals surface area contributed by atoms with Gasteiger partial charge in [0.05, 0.1) is 30.3 Å². The number of hydrogen-bond donors (Lipinski definition) is 1. The Morgan fingerprint density at radius 1 is 1.42 bits per heavy atom. The van der Waals surface area contributed by atoms with Crippen LogP contribution in [0.4, 0.5) is 0 Å². The maximum absolute atomic E-state index is 12.3. The molecular weight excluding hydrogens is 328 g/mol. The van der Waals surface area contributed by atoms with Crippen LogP contribution in [0.5, 0.6) is 0 Å². The van der Waals surface area contributed by atoms with Gasteiger partial charge in [-0.25, -0.2) is 0 Å². The summed E-state index contributed by atoms with van der Waals surface area (Å²) in [5.74, 6) is 0.116. The van der Waals surface area contributed by atoms with Crippen molar-refractivity contribution in [3.8, 4) is 0 Å². The maximum atomic E-state index is 12.3. The summed E-state index contributed by atoms with van der Waals surface area (Å²) in [6, 6.07) is 3.77. The van der Waals surface area contributed by atoms with E-state index in [1.165, 1.54) is 11.3 Å². The second kappa shape index (κ2) is 8.92. The summed E-state index contributed by atoms with van der Waals surface area (Å²) in [6.07, 6.45) is 1.86. The zero-order valence-corrected chi connectivity index (χ0v) is 14.7. The molecule has 1 aromatic heterocycles. The van der Waals surface area contributed by atoms with Crippen LogP contribution in [-0.2, 0) is 9.47 Å². The SMILES string of the molecule is O=C(c1cccs1)N1CCN(CC(O)COCC2CCCO2)CC1. The number of thiophene rings is 1. The summed E-state index contributed by atoms with van der Waals surface area (Å²) < 4.78 is 11.1. The van der Waals surface area contributed by atoms with Crippen LogP contribution in [0.3, 0.4) is 0 Å². The minimum atomic E-state index is -0.494. The molecule has 2 saturated heterocycles. The molecule has 0 aromatic carbocycles. The lowest BCUT2D eigenvalue weighted by atomic mass is 10.2. The van der Waals surface area contributed by atoms with E-state index in [0.29, 0.717) is 32.8 Å². The van der Waals surface area contributed by atoms with Crippen molar-refractivity contribution in [1.82, 2.24) is 9.80 Å². The lowest BCUT2D eigenvalue weighted by Gasteiger charge is -2.35. The lowest BCUT2D eigenvalue weighted by molar-refractivity contribution is -0.0279. The van der Waals surface area contributed by atoms with Crippen LogP contribution < -0.4 is 0 Å². The average molecular weight is 354 g/mol. The van der Waals surface area contributed by atoms with E-state index >= 15 is 0 Å². The number of amides is 1. The topological polar surface area (TPSA) is 62.2 Å². The summed E-state index contributed by atoms with van der Waals surface area (Å²) in [4.78, 5) is 17.2. The fourth-order valence-corrected chi connectivity index (χ4v) is 3.84. The van der Waals surface area contributed by atoms with Gasteiger partial charge in [0, 0.05) is 39.3 Å². The predicted octanol–water partition coefficient (Wildman–Crippen LogP) is 1.06. The molecular formula is C17H26N2O4S. The first-order chi connectivity index (χ1) is 11.7. The highest BCUT2D eigenvalue weighted by Gasteiger charge is 2.24. The lowest BCUT2D eigenvalue weighted by Crippen LogP contribution is -2.50. The van der Waals surface area contributed by atoms with Crippen molar-refractivity contribution in [2.24, 2.45) is 0 Å². The molecule has 3 heterocycles. The fraction of sp³-hybridized carbons (Fsp3) is 0.706. The zero-order valence-electron chi connectivity index (χ0n) is 13.9. The number of aliphatic hydroxyl groups is 1. The number of rotatable bonds is 7. The molecule has 24 heavy (non-hydrogen) atoms. The van der Waals surface area contributed by atoms with Gasteiger partial charge in [-0.2, -0.15) is 0 Å². The Balaban J connectivity index is 1.32. The van der Waals surface area contributed by atoms with Crippen LogP contribution in [-0.4, -0.2) is 85.6 Å². The number of ether oxygens (including phenoxy) is 2. The van der Waals surface area contributed by atoms with Crippen LogP contribution in [0.15, 0.2) is 17.5 Å². The molecule has 6 nitrogen and oxygen atoms in total. The number of carbonyl (C=O) groups is 1. The maximum Gasteiger partial charge on any atom is 0.264 e. The minimum Gasteiger partial charge on any atom is -0.389 e. The molecule has 3 rings (SSSR count). The smallest absolute Gasteiger partial charge is 0.264 e. The normalized spacial score (nSPS) is 23.5. The molecule has 0 aliphatic carbocycles. The van der Waals surface area contributed by atoms with E-state index in [4.69, 9.17) is 9.47 Å². The van der Waals surface area contributed by atoms with Gasteiger partial charge in [0.2, 0.25) is 0 Å². The number of piperazine rings is 1. The number of β-amino-alcohol motifs (C(OH)–C–C–N with tert-alkyl or cyclic N) is 1. The molecule has 1 amide bonds. The van der Waals surface area contributed by atoms with E-state index in [9.17, 15) is 9.90 Å². The minimum absolute atomic E-state index is 0.116. The molecule has 7 heteroatoms. The number of carbonyl (C=O) groups excluding carboxylic acids is 1. The van der Waals surface area contributed by atoms with E-state index in [1.54, 1.807) is 0 Å². The molecule has 1 N–H and O–H groups in total. The van der Waals surface area contributed by atoms with Gasteiger partial charge < -0.3 is 19.5 Å². The van der Waals surface area contributed by atoms with Crippen molar-refractivity contribution in [2.75, 3.05) is 52.5 Å². The molecule has 0 radical (unpaired) electrons. The zero-order chi connectivity index (χ0) is 16.8. The Kier molecular flexibility index (Phi) is 6.62. The molecule has 2 atom stereocenters. The second-order valence-corrected chi connectivity index (χ2v) is 7.34. The van der Waals surface area contributed by atoms with Gasteiger partial charge >= 0.3 is 0 Å². The van der Waals surface area contributed by atoms with Gasteiger partial charge in [-0.05, 0) is 24.3 Å². The first-order valence-corrected chi connectivity index (χ1v) is 9.53. The quantitative estimate of drug-likeness (QED) is 0.793. The Morgan fingerprint density at radius 2 is 2.25 bits per heavy atom. The van der Waals surface area contributed by atoms with Gasteiger partial charge in [-0.1, -0.05) is 6.07 Å². The highest BCUT2D eigenvalue weighted by atomic mass is 32.1. The Morgan fingerprint density at radius 3 is 2.92 bits per heavy atom. The van der Waals surface area contributed by atoms with Crippen molar-refractivity contribution in [2.45, 2.75) is 25.0 Å². The molecule has 2 fully saturated rings. The van der Waals surface area contributed by atoms with Gasteiger partial charge in [0.1, 0.15) is 0 Å². The summed E-state index contributed by atoms with van der Waals surface area (Å²) in [6.45, 7) is 5.33.